The minimum absolute atomic E-state index is 0.166. The van der Waals surface area contributed by atoms with Gasteiger partial charge in [-0.05, 0) is 37.9 Å². The largest absolute Gasteiger partial charge is 0.314 e. The molecule has 0 atom stereocenters. The molecule has 0 bridgehead atoms. The predicted molar refractivity (Wildman–Crippen MR) is 69.4 cm³/mol. The fourth-order valence-corrected chi connectivity index (χ4v) is 2.79. The molecule has 0 heterocycles. The number of rotatable bonds is 7. The van der Waals surface area contributed by atoms with Gasteiger partial charge in [0.25, 0.3) is 0 Å². The second kappa shape index (κ2) is 5.83. The number of para-hydroxylation sites is 1. The highest BCUT2D eigenvalue weighted by Crippen LogP contribution is 2.20. The van der Waals surface area contributed by atoms with Crippen molar-refractivity contribution in [2.75, 3.05) is 17.0 Å². The summed E-state index contributed by atoms with van der Waals surface area (Å²) in [5.41, 5.74) is -0.613. The van der Waals surface area contributed by atoms with Crippen molar-refractivity contribution < 1.29 is 17.2 Å². The molecule has 2 rings (SSSR count). The lowest BCUT2D eigenvalue weighted by molar-refractivity contribution is 0.580. The Morgan fingerprint density at radius 2 is 1.84 bits per heavy atom. The third-order valence-corrected chi connectivity index (χ3v) is 4.16. The highest BCUT2D eigenvalue weighted by Gasteiger charge is 2.20. The van der Waals surface area contributed by atoms with Crippen molar-refractivity contribution in [2.45, 2.75) is 25.3 Å². The van der Waals surface area contributed by atoms with Crippen molar-refractivity contribution in [3.8, 4) is 0 Å². The van der Waals surface area contributed by atoms with E-state index in [0.717, 1.165) is 25.0 Å². The zero-order valence-corrected chi connectivity index (χ0v) is 11.1. The van der Waals surface area contributed by atoms with Crippen LogP contribution in [0.4, 0.5) is 14.5 Å². The van der Waals surface area contributed by atoms with Gasteiger partial charge in [0.15, 0.2) is 0 Å². The fourth-order valence-electron chi connectivity index (χ4n) is 1.66. The van der Waals surface area contributed by atoms with Gasteiger partial charge < -0.3 is 5.32 Å². The molecule has 2 N–H and O–H groups in total. The van der Waals surface area contributed by atoms with Gasteiger partial charge in [-0.25, -0.2) is 17.2 Å². The van der Waals surface area contributed by atoms with Crippen LogP contribution in [0.2, 0.25) is 0 Å². The van der Waals surface area contributed by atoms with Gasteiger partial charge in [0.1, 0.15) is 17.3 Å². The van der Waals surface area contributed by atoms with Crippen molar-refractivity contribution in [3.05, 3.63) is 29.8 Å². The molecule has 0 radical (unpaired) electrons. The molecule has 1 aromatic rings. The summed E-state index contributed by atoms with van der Waals surface area (Å²) >= 11 is 0. The highest BCUT2D eigenvalue weighted by molar-refractivity contribution is 7.92. The normalized spacial score (nSPS) is 15.5. The monoisotopic (exact) mass is 290 g/mol. The molecular formula is C12H16F2N2O2S. The van der Waals surface area contributed by atoms with Crippen LogP contribution in [0, 0.1) is 11.6 Å². The number of hydrogen-bond acceptors (Lipinski definition) is 3. The van der Waals surface area contributed by atoms with Crippen molar-refractivity contribution in [2.24, 2.45) is 0 Å². The van der Waals surface area contributed by atoms with Gasteiger partial charge in [0.2, 0.25) is 10.0 Å². The Bertz CT molecular complexity index is 524. The molecule has 0 aliphatic heterocycles. The summed E-state index contributed by atoms with van der Waals surface area (Å²) in [5, 5.41) is 3.18. The second-order valence-electron chi connectivity index (χ2n) is 4.60. The Morgan fingerprint density at radius 1 is 1.21 bits per heavy atom. The van der Waals surface area contributed by atoms with Crippen LogP contribution in [0.5, 0.6) is 0 Å². The molecule has 19 heavy (non-hydrogen) atoms. The first kappa shape index (κ1) is 14.2. The van der Waals surface area contributed by atoms with Crippen LogP contribution in [0.15, 0.2) is 18.2 Å². The van der Waals surface area contributed by atoms with E-state index in [4.69, 9.17) is 0 Å². The van der Waals surface area contributed by atoms with E-state index in [-0.39, 0.29) is 5.75 Å². The molecule has 4 nitrogen and oxygen atoms in total. The van der Waals surface area contributed by atoms with Crippen molar-refractivity contribution >= 4 is 15.7 Å². The van der Waals surface area contributed by atoms with Crippen LogP contribution in [0.25, 0.3) is 0 Å². The number of hydrogen-bond donors (Lipinski definition) is 2. The van der Waals surface area contributed by atoms with E-state index in [2.05, 4.69) is 5.32 Å². The average molecular weight is 290 g/mol. The Hall–Kier alpha value is -1.21. The maximum atomic E-state index is 13.3. The van der Waals surface area contributed by atoms with E-state index in [9.17, 15) is 17.2 Å². The molecule has 1 saturated carbocycles. The molecule has 1 aliphatic carbocycles. The molecule has 1 aliphatic rings. The first-order valence-electron chi connectivity index (χ1n) is 6.16. The molecular weight excluding hydrogens is 274 g/mol. The van der Waals surface area contributed by atoms with E-state index in [1.807, 2.05) is 4.72 Å². The topological polar surface area (TPSA) is 58.2 Å². The van der Waals surface area contributed by atoms with E-state index < -0.39 is 27.3 Å². The van der Waals surface area contributed by atoms with Crippen molar-refractivity contribution in [3.63, 3.8) is 0 Å². The molecule has 1 aromatic carbocycles. The first-order valence-corrected chi connectivity index (χ1v) is 7.81. The zero-order valence-electron chi connectivity index (χ0n) is 10.3. The Morgan fingerprint density at radius 3 is 2.42 bits per heavy atom. The van der Waals surface area contributed by atoms with Gasteiger partial charge in [0, 0.05) is 6.04 Å². The summed E-state index contributed by atoms with van der Waals surface area (Å²) in [5.74, 6) is -2.00. The summed E-state index contributed by atoms with van der Waals surface area (Å²) in [6, 6.07) is 3.72. The lowest BCUT2D eigenvalue weighted by Gasteiger charge is -2.09. The summed E-state index contributed by atoms with van der Waals surface area (Å²) in [7, 11) is -3.73. The van der Waals surface area contributed by atoms with Crippen LogP contribution in [-0.2, 0) is 10.0 Å². The number of nitrogens with one attached hydrogen (secondary N) is 2. The van der Waals surface area contributed by atoms with E-state index in [0.29, 0.717) is 19.0 Å². The number of sulfonamides is 1. The van der Waals surface area contributed by atoms with Gasteiger partial charge in [0.05, 0.1) is 5.75 Å². The lowest BCUT2D eigenvalue weighted by Crippen LogP contribution is -2.23. The smallest absolute Gasteiger partial charge is 0.232 e. The molecule has 1 fully saturated rings. The third kappa shape index (κ3) is 4.43. The van der Waals surface area contributed by atoms with Gasteiger partial charge in [-0.3, -0.25) is 4.72 Å². The maximum Gasteiger partial charge on any atom is 0.232 e. The molecule has 106 valence electrons. The minimum atomic E-state index is -3.73. The Balaban J connectivity index is 1.88. The molecule has 0 saturated heterocycles. The van der Waals surface area contributed by atoms with Gasteiger partial charge in [-0.1, -0.05) is 6.07 Å². The third-order valence-electron chi connectivity index (χ3n) is 2.82. The van der Waals surface area contributed by atoms with Gasteiger partial charge >= 0.3 is 0 Å². The Kier molecular flexibility index (Phi) is 4.36. The fraction of sp³-hybridized carbons (Fsp3) is 0.500. The van der Waals surface area contributed by atoms with Crippen LogP contribution in [0.1, 0.15) is 19.3 Å². The van der Waals surface area contributed by atoms with Gasteiger partial charge in [-0.15, -0.1) is 0 Å². The summed E-state index contributed by atoms with van der Waals surface area (Å²) in [6.07, 6.45) is 2.67. The predicted octanol–water partition coefficient (Wildman–Crippen LogP) is 1.85. The van der Waals surface area contributed by atoms with Crippen molar-refractivity contribution in [1.82, 2.24) is 5.32 Å². The molecule has 0 spiro atoms. The molecule has 0 amide bonds. The summed E-state index contributed by atoms with van der Waals surface area (Å²) in [4.78, 5) is 0. The second-order valence-corrected chi connectivity index (χ2v) is 6.44. The SMILES string of the molecule is O=S(=O)(CCCNC1CC1)Nc1c(F)cccc1F. The quantitative estimate of drug-likeness (QED) is 0.753. The van der Waals surface area contributed by atoms with Crippen LogP contribution < -0.4 is 10.0 Å². The average Bonchev–Trinajstić information content (AvgIpc) is 3.14. The van der Waals surface area contributed by atoms with Gasteiger partial charge in [-0.2, -0.15) is 0 Å². The minimum Gasteiger partial charge on any atom is -0.314 e. The lowest BCUT2D eigenvalue weighted by atomic mass is 10.3. The van der Waals surface area contributed by atoms with Crippen molar-refractivity contribution in [1.29, 1.82) is 0 Å². The molecule has 0 aromatic heterocycles. The number of benzene rings is 1. The van der Waals surface area contributed by atoms with Crippen LogP contribution in [0.3, 0.4) is 0 Å². The highest BCUT2D eigenvalue weighted by atomic mass is 32.2. The zero-order chi connectivity index (χ0) is 13.9. The molecule has 0 unspecified atom stereocenters. The first-order chi connectivity index (χ1) is 8.98. The number of halogens is 2. The summed E-state index contributed by atoms with van der Waals surface area (Å²) < 4.78 is 51.9. The van der Waals surface area contributed by atoms with Crippen LogP contribution >= 0.6 is 0 Å². The number of anilines is 1. The summed E-state index contributed by atoms with van der Waals surface area (Å²) in [6.45, 7) is 0.589. The van der Waals surface area contributed by atoms with E-state index >= 15 is 0 Å². The molecule has 7 heteroatoms. The standard InChI is InChI=1S/C12H16F2N2O2S/c13-10-3-1-4-11(14)12(10)16-19(17,18)8-2-7-15-9-5-6-9/h1,3-4,9,15-16H,2,5-8H2. The van der Waals surface area contributed by atoms with Crippen LogP contribution in [-0.4, -0.2) is 26.8 Å². The van der Waals surface area contributed by atoms with E-state index in [1.165, 1.54) is 6.07 Å². The maximum absolute atomic E-state index is 13.3. The Labute approximate surface area is 111 Å². The van der Waals surface area contributed by atoms with E-state index in [1.54, 1.807) is 0 Å².